The van der Waals surface area contributed by atoms with Crippen molar-refractivity contribution in [3.05, 3.63) is 94.3 Å². The van der Waals surface area contributed by atoms with E-state index in [0.29, 0.717) is 21.2 Å². The second kappa shape index (κ2) is 8.98. The van der Waals surface area contributed by atoms with Crippen LogP contribution in [0.15, 0.2) is 71.6 Å². The largest absolute Gasteiger partial charge is 0.465 e. The molecule has 0 saturated carbocycles. The smallest absolute Gasteiger partial charge is 0.340 e. The number of anilines is 1. The van der Waals surface area contributed by atoms with Crippen molar-refractivity contribution < 1.29 is 22.9 Å². The number of nitrogens with one attached hydrogen (secondary N) is 1. The van der Waals surface area contributed by atoms with Gasteiger partial charge in [-0.25, -0.2) is 13.4 Å². The first-order chi connectivity index (χ1) is 13.9. The molecule has 29 heavy (non-hydrogen) atoms. The fourth-order valence-corrected chi connectivity index (χ4v) is 3.49. The van der Waals surface area contributed by atoms with Gasteiger partial charge in [-0.15, -0.1) is 0 Å². The number of ether oxygens (including phenoxy) is 1. The number of esters is 1. The van der Waals surface area contributed by atoms with E-state index in [4.69, 9.17) is 11.6 Å². The first-order valence-corrected chi connectivity index (χ1v) is 9.88. The van der Waals surface area contributed by atoms with Crippen LogP contribution in [-0.4, -0.2) is 23.1 Å². The van der Waals surface area contributed by atoms with Gasteiger partial charge in [-0.3, -0.25) is 4.79 Å². The van der Waals surface area contributed by atoms with Crippen LogP contribution in [0.2, 0.25) is 5.02 Å². The maximum Gasteiger partial charge on any atom is 0.340 e. The number of ketones is 1. The van der Waals surface area contributed by atoms with Gasteiger partial charge in [0.2, 0.25) is 0 Å². The molecule has 0 bridgehead atoms. The highest BCUT2D eigenvalue weighted by atomic mass is 35.5. The summed E-state index contributed by atoms with van der Waals surface area (Å²) in [5.41, 5.74) is 0.715. The Morgan fingerprint density at radius 3 is 2.21 bits per heavy atom. The average molecular weight is 432 g/mol. The van der Waals surface area contributed by atoms with E-state index in [1.807, 2.05) is 0 Å². The Kier molecular flexibility index (Phi) is 6.41. The third-order valence-corrected chi connectivity index (χ3v) is 5.39. The van der Waals surface area contributed by atoms with Gasteiger partial charge in [0.15, 0.2) is 5.78 Å². The molecule has 0 aliphatic heterocycles. The monoisotopic (exact) mass is 431 g/mol. The van der Waals surface area contributed by atoms with Gasteiger partial charge in [-0.1, -0.05) is 11.6 Å². The summed E-state index contributed by atoms with van der Waals surface area (Å²) in [6, 6.07) is 16.4. The zero-order chi connectivity index (χ0) is 21.0. The molecule has 0 fully saturated rings. The molecule has 0 heterocycles. The zero-order valence-electron chi connectivity index (χ0n) is 15.1. The van der Waals surface area contributed by atoms with Gasteiger partial charge in [0.1, 0.15) is 16.8 Å². The number of hydrogen-bond acceptors (Lipinski definition) is 4. The third kappa shape index (κ3) is 4.88. The van der Waals surface area contributed by atoms with Crippen LogP contribution in [0.3, 0.4) is 0 Å². The minimum absolute atomic E-state index is 0.150. The van der Waals surface area contributed by atoms with Crippen LogP contribution in [0.5, 0.6) is 0 Å². The van der Waals surface area contributed by atoms with E-state index >= 15 is 0 Å². The minimum Gasteiger partial charge on any atom is -0.465 e. The lowest BCUT2D eigenvalue weighted by molar-refractivity contribution is 0.0595. The number of hydrogen-bond donors (Lipinski definition) is 1. The van der Waals surface area contributed by atoms with Crippen LogP contribution in [-0.2, 0) is 15.7 Å². The molecule has 0 aliphatic rings. The molecule has 3 rings (SSSR count). The number of benzene rings is 3. The Morgan fingerprint density at radius 1 is 0.966 bits per heavy atom. The highest BCUT2D eigenvalue weighted by Gasteiger charge is 2.17. The molecule has 0 aromatic heterocycles. The first kappa shape index (κ1) is 20.7. The maximum atomic E-state index is 13.8. The van der Waals surface area contributed by atoms with Gasteiger partial charge in [0.05, 0.1) is 17.6 Å². The van der Waals surface area contributed by atoms with Crippen molar-refractivity contribution in [1.29, 1.82) is 0 Å². The van der Waals surface area contributed by atoms with Crippen molar-refractivity contribution in [2.75, 3.05) is 11.8 Å². The van der Waals surface area contributed by atoms with Crippen LogP contribution in [0.25, 0.3) is 0 Å². The Bertz CT molecular complexity index is 1080. The van der Waals surface area contributed by atoms with Crippen molar-refractivity contribution in [1.82, 2.24) is 0 Å². The SMILES string of the molecule is COC(=O)c1cc(C(=O)c2ccc(NS(=O)c3ccc(Cl)cc3)cc2)ccc1F. The summed E-state index contributed by atoms with van der Waals surface area (Å²) in [4.78, 5) is 24.8. The molecule has 5 nitrogen and oxygen atoms in total. The van der Waals surface area contributed by atoms with Gasteiger partial charge in [-0.05, 0) is 66.7 Å². The molecule has 1 unspecified atom stereocenters. The predicted molar refractivity (Wildman–Crippen MR) is 109 cm³/mol. The van der Waals surface area contributed by atoms with Gasteiger partial charge in [-0.2, -0.15) is 0 Å². The Labute approximate surface area is 174 Å². The van der Waals surface area contributed by atoms with E-state index in [-0.39, 0.29) is 16.9 Å². The molecular weight excluding hydrogens is 417 g/mol. The molecular formula is C21H15ClFNO4S. The van der Waals surface area contributed by atoms with Gasteiger partial charge in [0, 0.05) is 21.8 Å². The Morgan fingerprint density at radius 2 is 1.59 bits per heavy atom. The molecule has 3 aromatic rings. The van der Waals surface area contributed by atoms with Gasteiger partial charge in [0.25, 0.3) is 0 Å². The molecule has 0 aliphatic carbocycles. The lowest BCUT2D eigenvalue weighted by atomic mass is 10.0. The van der Waals surface area contributed by atoms with Crippen LogP contribution < -0.4 is 4.72 Å². The predicted octanol–water partition coefficient (Wildman–Crippen LogP) is 4.63. The van der Waals surface area contributed by atoms with Crippen LogP contribution in [0, 0.1) is 5.82 Å². The van der Waals surface area contributed by atoms with Crippen molar-refractivity contribution in [3.63, 3.8) is 0 Å². The Balaban J connectivity index is 1.76. The Hall–Kier alpha value is -3.03. The van der Waals surface area contributed by atoms with Crippen LogP contribution in [0.1, 0.15) is 26.3 Å². The summed E-state index contributed by atoms with van der Waals surface area (Å²) in [7, 11) is -0.360. The number of methoxy groups -OCH3 is 1. The summed E-state index contributed by atoms with van der Waals surface area (Å²) in [5.74, 6) is -2.01. The topological polar surface area (TPSA) is 72.5 Å². The quantitative estimate of drug-likeness (QED) is 0.456. The molecule has 8 heteroatoms. The van der Waals surface area contributed by atoms with E-state index < -0.39 is 22.8 Å². The van der Waals surface area contributed by atoms with Crippen molar-refractivity contribution in [3.8, 4) is 0 Å². The average Bonchev–Trinajstić information content (AvgIpc) is 2.74. The van der Waals surface area contributed by atoms with E-state index in [1.54, 1.807) is 48.5 Å². The molecule has 148 valence electrons. The van der Waals surface area contributed by atoms with Crippen molar-refractivity contribution in [2.45, 2.75) is 4.90 Å². The molecule has 3 aromatic carbocycles. The fraction of sp³-hybridized carbons (Fsp3) is 0.0476. The first-order valence-electron chi connectivity index (χ1n) is 8.35. The van der Waals surface area contributed by atoms with Gasteiger partial charge >= 0.3 is 5.97 Å². The number of carbonyl (C=O) groups excluding carboxylic acids is 2. The van der Waals surface area contributed by atoms with Crippen LogP contribution >= 0.6 is 11.6 Å². The minimum atomic E-state index is -1.49. The maximum absolute atomic E-state index is 13.8. The van der Waals surface area contributed by atoms with Crippen LogP contribution in [0.4, 0.5) is 10.1 Å². The molecule has 0 saturated heterocycles. The second-order valence-corrected chi connectivity index (χ2v) is 7.57. The lowest BCUT2D eigenvalue weighted by Crippen LogP contribution is -2.09. The third-order valence-electron chi connectivity index (χ3n) is 4.02. The van der Waals surface area contributed by atoms with Gasteiger partial charge < -0.3 is 9.46 Å². The molecule has 0 radical (unpaired) electrons. The summed E-state index contributed by atoms with van der Waals surface area (Å²) < 4.78 is 33.4. The van der Waals surface area contributed by atoms with E-state index in [1.165, 1.54) is 6.07 Å². The highest BCUT2D eigenvalue weighted by Crippen LogP contribution is 2.19. The van der Waals surface area contributed by atoms with Crippen molar-refractivity contribution >= 4 is 40.0 Å². The molecule has 0 spiro atoms. The fourth-order valence-electron chi connectivity index (χ4n) is 2.51. The highest BCUT2D eigenvalue weighted by molar-refractivity contribution is 7.86. The molecule has 1 N–H and O–H groups in total. The lowest BCUT2D eigenvalue weighted by Gasteiger charge is -2.08. The number of rotatable bonds is 6. The summed E-state index contributed by atoms with van der Waals surface area (Å²) in [6.07, 6.45) is 0. The van der Waals surface area contributed by atoms with E-state index in [0.717, 1.165) is 19.2 Å². The summed E-state index contributed by atoms with van der Waals surface area (Å²) >= 11 is 5.82. The second-order valence-electron chi connectivity index (χ2n) is 5.92. The number of carbonyl (C=O) groups is 2. The van der Waals surface area contributed by atoms with Crippen molar-refractivity contribution in [2.24, 2.45) is 0 Å². The standard InChI is InChI=1S/C21H15ClFNO4S/c1-28-21(26)18-12-14(4-11-19(18)23)20(25)13-2-7-16(8-3-13)24-29(27)17-9-5-15(22)6-10-17/h2-12,24H,1H3. The molecule has 0 amide bonds. The molecule has 1 atom stereocenters. The normalized spacial score (nSPS) is 11.6. The summed E-state index contributed by atoms with van der Waals surface area (Å²) in [5, 5.41) is 0.546. The number of halogens is 2. The summed E-state index contributed by atoms with van der Waals surface area (Å²) in [6.45, 7) is 0. The van der Waals surface area contributed by atoms with E-state index in [2.05, 4.69) is 9.46 Å². The zero-order valence-corrected chi connectivity index (χ0v) is 16.7. The van der Waals surface area contributed by atoms with E-state index in [9.17, 15) is 18.2 Å².